The van der Waals surface area contributed by atoms with E-state index < -0.39 is 0 Å². The van der Waals surface area contributed by atoms with E-state index in [0.29, 0.717) is 18.2 Å². The van der Waals surface area contributed by atoms with Gasteiger partial charge < -0.3 is 9.15 Å². The highest BCUT2D eigenvalue weighted by Crippen LogP contribution is 2.65. The van der Waals surface area contributed by atoms with Gasteiger partial charge in [-0.25, -0.2) is 0 Å². The molecule has 4 aliphatic carbocycles. The highest BCUT2D eigenvalue weighted by atomic mass is 79.9. The second kappa shape index (κ2) is 5.05. The van der Waals surface area contributed by atoms with Gasteiger partial charge in [0.1, 0.15) is 0 Å². The Balaban J connectivity index is 1.39. The lowest BCUT2D eigenvalue weighted by Gasteiger charge is -2.60. The van der Waals surface area contributed by atoms with Crippen molar-refractivity contribution in [2.24, 2.45) is 17.3 Å². The fraction of sp³-hybridized carbons (Fsp3) is 0.812. The normalized spacial score (nSPS) is 39.2. The van der Waals surface area contributed by atoms with Crippen molar-refractivity contribution in [2.45, 2.75) is 62.8 Å². The summed E-state index contributed by atoms with van der Waals surface area (Å²) < 4.78 is 10.9. The molecule has 22 heavy (non-hydrogen) atoms. The SMILES string of the molecule is Cc1nnc(COC(=O)CC23CC4CC(CC(Br)(C4)C2)C3)o1. The number of halogens is 1. The quantitative estimate of drug-likeness (QED) is 0.600. The lowest BCUT2D eigenvalue weighted by atomic mass is 9.49. The number of esters is 1. The average Bonchev–Trinajstić information content (AvgIpc) is 2.78. The van der Waals surface area contributed by atoms with Gasteiger partial charge in [-0.05, 0) is 55.8 Å². The minimum atomic E-state index is -0.131. The van der Waals surface area contributed by atoms with Gasteiger partial charge in [-0.2, -0.15) is 0 Å². The highest BCUT2D eigenvalue weighted by Gasteiger charge is 2.57. The van der Waals surface area contributed by atoms with Crippen LogP contribution in [0.3, 0.4) is 0 Å². The third-order valence-corrected chi connectivity index (χ3v) is 6.48. The van der Waals surface area contributed by atoms with Crippen LogP contribution in [0, 0.1) is 24.2 Å². The van der Waals surface area contributed by atoms with Gasteiger partial charge in [0.25, 0.3) is 5.89 Å². The van der Waals surface area contributed by atoms with E-state index in [1.807, 2.05) is 0 Å². The standard InChI is InChI=1S/C16H21BrN2O3/c1-10-18-19-13(22-10)8-21-14(20)7-15-3-11-2-12(4-15)6-16(17,5-11)9-15/h11-12H,2-9H2,1H3. The number of carbonyl (C=O) groups is 1. The van der Waals surface area contributed by atoms with Gasteiger partial charge in [-0.15, -0.1) is 10.2 Å². The molecule has 1 aromatic rings. The summed E-state index contributed by atoms with van der Waals surface area (Å²) in [6, 6.07) is 0. The second-order valence-corrected chi connectivity index (χ2v) is 9.35. The van der Waals surface area contributed by atoms with E-state index >= 15 is 0 Å². The molecule has 120 valence electrons. The van der Waals surface area contributed by atoms with E-state index in [-0.39, 0.29) is 22.3 Å². The van der Waals surface area contributed by atoms with Crippen molar-refractivity contribution in [3.8, 4) is 0 Å². The third-order valence-electron chi connectivity index (χ3n) is 5.55. The van der Waals surface area contributed by atoms with Gasteiger partial charge in [0.15, 0.2) is 6.61 Å². The van der Waals surface area contributed by atoms with Crippen molar-refractivity contribution < 1.29 is 13.9 Å². The van der Waals surface area contributed by atoms with Gasteiger partial charge in [0.2, 0.25) is 5.89 Å². The molecule has 0 saturated heterocycles. The van der Waals surface area contributed by atoms with Gasteiger partial charge in [0, 0.05) is 11.2 Å². The van der Waals surface area contributed by atoms with Crippen LogP contribution in [0.2, 0.25) is 0 Å². The van der Waals surface area contributed by atoms with E-state index in [1.54, 1.807) is 6.92 Å². The average molecular weight is 369 g/mol. The molecule has 0 N–H and O–H groups in total. The Morgan fingerprint density at radius 2 is 2.05 bits per heavy atom. The molecule has 0 aliphatic heterocycles. The number of aryl methyl sites for hydroxylation is 1. The van der Waals surface area contributed by atoms with Gasteiger partial charge in [-0.1, -0.05) is 15.9 Å². The maximum absolute atomic E-state index is 12.3. The van der Waals surface area contributed by atoms with Crippen molar-refractivity contribution in [1.82, 2.24) is 10.2 Å². The lowest BCUT2D eigenvalue weighted by Crippen LogP contribution is -2.53. The zero-order chi connectivity index (χ0) is 15.4. The molecule has 2 unspecified atom stereocenters. The number of rotatable bonds is 4. The van der Waals surface area contributed by atoms with Crippen LogP contribution in [-0.4, -0.2) is 20.5 Å². The zero-order valence-corrected chi connectivity index (χ0v) is 14.4. The summed E-state index contributed by atoms with van der Waals surface area (Å²) in [6.45, 7) is 1.81. The number of ether oxygens (including phenoxy) is 1. The maximum Gasteiger partial charge on any atom is 0.306 e. The molecule has 5 nitrogen and oxygen atoms in total. The number of hydrogen-bond acceptors (Lipinski definition) is 5. The smallest absolute Gasteiger partial charge is 0.306 e. The van der Waals surface area contributed by atoms with Crippen LogP contribution in [0.25, 0.3) is 0 Å². The largest absolute Gasteiger partial charge is 0.456 e. The Kier molecular flexibility index (Phi) is 3.36. The second-order valence-electron chi connectivity index (χ2n) is 7.66. The molecular weight excluding hydrogens is 348 g/mol. The molecule has 4 bridgehead atoms. The molecule has 4 saturated carbocycles. The highest BCUT2D eigenvalue weighted by molar-refractivity contribution is 9.10. The number of alkyl halides is 1. The van der Waals surface area contributed by atoms with Crippen molar-refractivity contribution in [2.75, 3.05) is 0 Å². The van der Waals surface area contributed by atoms with Crippen molar-refractivity contribution in [1.29, 1.82) is 0 Å². The van der Waals surface area contributed by atoms with E-state index in [1.165, 1.54) is 32.1 Å². The van der Waals surface area contributed by atoms with Crippen LogP contribution in [0.1, 0.15) is 56.7 Å². The van der Waals surface area contributed by atoms with Crippen LogP contribution < -0.4 is 0 Å². The van der Waals surface area contributed by atoms with E-state index in [2.05, 4.69) is 26.1 Å². The molecule has 2 atom stereocenters. The van der Waals surface area contributed by atoms with Crippen molar-refractivity contribution >= 4 is 21.9 Å². The summed E-state index contributed by atoms with van der Waals surface area (Å²) in [5.41, 5.74) is 0.148. The molecule has 0 amide bonds. The number of nitrogens with zero attached hydrogens (tertiary/aromatic N) is 2. The van der Waals surface area contributed by atoms with Crippen LogP contribution in [-0.2, 0) is 16.1 Å². The number of carbonyl (C=O) groups excluding carboxylic acids is 1. The van der Waals surface area contributed by atoms with E-state index in [9.17, 15) is 4.79 Å². The molecule has 0 aromatic carbocycles. The van der Waals surface area contributed by atoms with Crippen molar-refractivity contribution in [3.63, 3.8) is 0 Å². The molecule has 1 aromatic heterocycles. The van der Waals surface area contributed by atoms with Crippen molar-refractivity contribution in [3.05, 3.63) is 11.8 Å². The first kappa shape index (κ1) is 14.7. The predicted molar refractivity (Wildman–Crippen MR) is 82.2 cm³/mol. The maximum atomic E-state index is 12.3. The lowest BCUT2D eigenvalue weighted by molar-refractivity contribution is -0.153. The van der Waals surface area contributed by atoms with Crippen LogP contribution in [0.15, 0.2) is 4.42 Å². The fourth-order valence-electron chi connectivity index (χ4n) is 5.44. The minimum Gasteiger partial charge on any atom is -0.456 e. The summed E-state index contributed by atoms with van der Waals surface area (Å²) in [6.07, 6.45) is 7.92. The monoisotopic (exact) mass is 368 g/mol. The Bertz CT molecular complexity index is 586. The number of aromatic nitrogens is 2. The summed E-state index contributed by atoms with van der Waals surface area (Å²) in [5, 5.41) is 7.59. The molecule has 1 heterocycles. The number of hydrogen-bond donors (Lipinski definition) is 0. The van der Waals surface area contributed by atoms with E-state index in [0.717, 1.165) is 18.3 Å². The third kappa shape index (κ3) is 2.70. The van der Waals surface area contributed by atoms with Crippen LogP contribution in [0.4, 0.5) is 0 Å². The molecule has 4 aliphatic rings. The van der Waals surface area contributed by atoms with Gasteiger partial charge in [0.05, 0.1) is 6.42 Å². The van der Waals surface area contributed by atoms with E-state index in [4.69, 9.17) is 9.15 Å². The first-order valence-corrected chi connectivity index (χ1v) is 8.87. The summed E-state index contributed by atoms with van der Waals surface area (Å²) >= 11 is 3.98. The molecule has 0 spiro atoms. The molecule has 5 rings (SSSR count). The Labute approximate surface area is 138 Å². The Hall–Kier alpha value is -0.910. The summed E-state index contributed by atoms with van der Waals surface area (Å²) in [7, 11) is 0. The predicted octanol–water partition coefficient (Wildman–Crippen LogP) is 3.55. The van der Waals surface area contributed by atoms with Gasteiger partial charge in [-0.3, -0.25) is 4.79 Å². The summed E-state index contributed by atoms with van der Waals surface area (Å²) in [5.74, 6) is 2.30. The molecular formula is C16H21BrN2O3. The molecule has 6 heteroatoms. The molecule has 0 radical (unpaired) electrons. The Morgan fingerprint density at radius 3 is 2.64 bits per heavy atom. The first-order valence-electron chi connectivity index (χ1n) is 8.07. The minimum absolute atomic E-state index is 0.0854. The van der Waals surface area contributed by atoms with Gasteiger partial charge >= 0.3 is 5.97 Å². The first-order chi connectivity index (χ1) is 10.4. The zero-order valence-electron chi connectivity index (χ0n) is 12.8. The van der Waals surface area contributed by atoms with Crippen LogP contribution >= 0.6 is 15.9 Å². The fourth-order valence-corrected chi connectivity index (χ4v) is 6.95. The van der Waals surface area contributed by atoms with Crippen LogP contribution in [0.5, 0.6) is 0 Å². The molecule has 4 fully saturated rings. The summed E-state index contributed by atoms with van der Waals surface area (Å²) in [4.78, 5) is 12.3. The topological polar surface area (TPSA) is 65.2 Å². The Morgan fingerprint density at radius 1 is 1.32 bits per heavy atom.